The summed E-state index contributed by atoms with van der Waals surface area (Å²) in [7, 11) is -0.750. The van der Waals surface area contributed by atoms with E-state index in [0.717, 1.165) is 0 Å². The molecule has 9 heavy (non-hydrogen) atoms. The van der Waals surface area contributed by atoms with Crippen molar-refractivity contribution < 1.29 is 10.0 Å². The Morgan fingerprint density at radius 2 is 1.56 bits per heavy atom. The fourth-order valence-electron chi connectivity index (χ4n) is 0.676. The summed E-state index contributed by atoms with van der Waals surface area (Å²) < 4.78 is 0. The van der Waals surface area contributed by atoms with Crippen molar-refractivity contribution in [2.75, 3.05) is 0 Å². The number of hydrogen-bond donors (Lipinski definition) is 2. The number of benzene rings is 1. The Balaban J connectivity index is 0.000000120. The van der Waals surface area contributed by atoms with Crippen molar-refractivity contribution in [1.29, 1.82) is 0 Å². The van der Waals surface area contributed by atoms with E-state index in [2.05, 4.69) is 24.3 Å². The molecule has 0 aromatic rings. The predicted molar refractivity (Wildman–Crippen MR) is 37.0 cm³/mol. The molecule has 0 saturated carbocycles. The third kappa shape index (κ3) is 1.55. The lowest BCUT2D eigenvalue weighted by molar-refractivity contribution is 0.448. The fraction of sp³-hybridized carbons (Fsp3) is 0. The molecule has 46 valence electrons. The smallest absolute Gasteiger partial charge is 0.430 e. The van der Waals surface area contributed by atoms with Crippen molar-refractivity contribution >= 4 is 7.69 Å². The lowest BCUT2D eigenvalue weighted by Gasteiger charge is -1.48. The van der Waals surface area contributed by atoms with Gasteiger partial charge in [0.15, 0.2) is 0 Å². The van der Waals surface area contributed by atoms with Crippen LogP contribution in [0.5, 0.6) is 0 Å². The van der Waals surface area contributed by atoms with Crippen LogP contribution in [0.3, 0.4) is 0 Å². The molecule has 0 heterocycles. The normalized spacial score (nSPS) is 9.11. The van der Waals surface area contributed by atoms with Gasteiger partial charge < -0.3 is 10.0 Å². The molecule has 2 N–H and O–H groups in total. The van der Waals surface area contributed by atoms with Crippen LogP contribution in [0.2, 0.25) is 0 Å². The zero-order chi connectivity index (χ0) is 6.69. The van der Waals surface area contributed by atoms with Gasteiger partial charge in [-0.2, -0.15) is 0 Å². The molecule has 0 bridgehead atoms. The highest BCUT2D eigenvalue weighted by atomic mass is 16.4. The van der Waals surface area contributed by atoms with E-state index in [-0.39, 0.29) is 0 Å². The predicted octanol–water partition coefficient (Wildman–Crippen LogP) is -0.0955. The molecule has 0 saturated heterocycles. The highest BCUT2D eigenvalue weighted by Crippen LogP contribution is 2.32. The first-order valence-corrected chi connectivity index (χ1v) is 2.70. The Morgan fingerprint density at radius 1 is 1.11 bits per heavy atom. The average molecular weight is 122 g/mol. The summed E-state index contributed by atoms with van der Waals surface area (Å²) >= 11 is 0. The maximum atomic E-state index is 7.12. The summed E-state index contributed by atoms with van der Waals surface area (Å²) in [4.78, 5) is 0. The van der Waals surface area contributed by atoms with Crippen LogP contribution in [0.15, 0.2) is 24.3 Å². The van der Waals surface area contributed by atoms with Gasteiger partial charge in [-0.25, -0.2) is 0 Å². The number of rotatable bonds is 0. The zero-order valence-electron chi connectivity index (χ0n) is 4.91. The van der Waals surface area contributed by atoms with Gasteiger partial charge in [-0.05, 0) is 17.2 Å². The molecule has 0 amide bonds. The van der Waals surface area contributed by atoms with Crippen LogP contribution in [0, 0.1) is 0 Å². The van der Waals surface area contributed by atoms with Gasteiger partial charge >= 0.3 is 7.69 Å². The Hall–Kier alpha value is -0.795. The highest BCUT2D eigenvalue weighted by Gasteiger charge is 2.06. The second-order valence-electron chi connectivity index (χ2n) is 1.72. The summed E-state index contributed by atoms with van der Waals surface area (Å²) in [6.07, 6.45) is 0. The average Bonchev–Trinajstić information content (AvgIpc) is 2.43. The third-order valence-corrected chi connectivity index (χ3v) is 1.11. The van der Waals surface area contributed by atoms with Crippen LogP contribution in [0.4, 0.5) is 0 Å². The first-order chi connectivity index (χ1) is 4.38. The van der Waals surface area contributed by atoms with E-state index in [4.69, 9.17) is 10.0 Å². The fourth-order valence-corrected chi connectivity index (χ4v) is 0.676. The van der Waals surface area contributed by atoms with Crippen molar-refractivity contribution in [3.05, 3.63) is 24.3 Å². The van der Waals surface area contributed by atoms with Gasteiger partial charge in [0.25, 0.3) is 0 Å². The Kier molecular flexibility index (Phi) is 1.87. The van der Waals surface area contributed by atoms with Crippen molar-refractivity contribution in [2.24, 2.45) is 0 Å². The van der Waals surface area contributed by atoms with E-state index in [1.165, 1.54) is 11.1 Å². The maximum Gasteiger partial charge on any atom is 0.432 e. The molecule has 0 atom stereocenters. The SMILES string of the molecule is OBO.c1cc2cc-2c1. The molecule has 0 spiro atoms. The van der Waals surface area contributed by atoms with Gasteiger partial charge in [0.2, 0.25) is 0 Å². The Morgan fingerprint density at radius 3 is 1.67 bits per heavy atom. The van der Waals surface area contributed by atoms with Crippen LogP contribution < -0.4 is 0 Å². The zero-order valence-corrected chi connectivity index (χ0v) is 4.91. The van der Waals surface area contributed by atoms with Crippen LogP contribution in [0.25, 0.3) is 11.1 Å². The topological polar surface area (TPSA) is 40.5 Å². The van der Waals surface area contributed by atoms with Crippen molar-refractivity contribution in [3.63, 3.8) is 0 Å². The lowest BCUT2D eigenvalue weighted by Crippen LogP contribution is -1.75. The van der Waals surface area contributed by atoms with Crippen LogP contribution in [-0.4, -0.2) is 17.7 Å². The third-order valence-electron chi connectivity index (χ3n) is 1.11. The van der Waals surface area contributed by atoms with Gasteiger partial charge in [-0.1, -0.05) is 18.2 Å². The maximum absolute atomic E-state index is 7.12. The van der Waals surface area contributed by atoms with Crippen LogP contribution in [0.1, 0.15) is 0 Å². The van der Waals surface area contributed by atoms with Gasteiger partial charge in [0.1, 0.15) is 0 Å². The largest absolute Gasteiger partial charge is 0.432 e. The summed E-state index contributed by atoms with van der Waals surface area (Å²) in [6.45, 7) is 0. The molecular weight excluding hydrogens is 115 g/mol. The summed E-state index contributed by atoms with van der Waals surface area (Å²) in [5.74, 6) is 0. The molecule has 3 heteroatoms. The van der Waals surface area contributed by atoms with Gasteiger partial charge in [-0.15, -0.1) is 0 Å². The number of fused-ring (bicyclic) bond motifs is 1. The van der Waals surface area contributed by atoms with Crippen molar-refractivity contribution in [3.8, 4) is 11.1 Å². The Bertz CT molecular complexity index is 183. The quantitative estimate of drug-likeness (QED) is 0.479. The standard InChI is InChI=1S/C6H4.BH3O2/c1-2-5-4-6(5)3-1;2-1-3/h1-4H;1-3H. The summed E-state index contributed by atoms with van der Waals surface area (Å²) in [5, 5.41) is 14.2. The first kappa shape index (κ1) is 6.33. The first-order valence-electron chi connectivity index (χ1n) is 2.70. The lowest BCUT2D eigenvalue weighted by atomic mass is 10.5. The minimum Gasteiger partial charge on any atom is -0.430 e. The van der Waals surface area contributed by atoms with Gasteiger partial charge in [0, 0.05) is 0 Å². The van der Waals surface area contributed by atoms with E-state index >= 15 is 0 Å². The van der Waals surface area contributed by atoms with Crippen LogP contribution >= 0.6 is 0 Å². The Labute approximate surface area is 54.1 Å². The van der Waals surface area contributed by atoms with Crippen molar-refractivity contribution in [1.82, 2.24) is 0 Å². The minimum absolute atomic E-state index is 0.750. The summed E-state index contributed by atoms with van der Waals surface area (Å²) in [5.41, 5.74) is 2.85. The molecule has 0 aromatic carbocycles. The van der Waals surface area contributed by atoms with E-state index in [9.17, 15) is 0 Å². The molecule has 0 unspecified atom stereocenters. The molecule has 0 aromatic heterocycles. The van der Waals surface area contributed by atoms with E-state index in [1.807, 2.05) is 0 Å². The molecule has 2 aliphatic carbocycles. The molecule has 0 radical (unpaired) electrons. The molecule has 0 fully saturated rings. The molecule has 0 aliphatic heterocycles. The second kappa shape index (κ2) is 2.66. The minimum atomic E-state index is -0.750. The number of hydrogen-bond acceptors (Lipinski definition) is 2. The van der Waals surface area contributed by atoms with Gasteiger partial charge in [-0.3, -0.25) is 0 Å². The van der Waals surface area contributed by atoms with Crippen molar-refractivity contribution in [2.45, 2.75) is 0 Å². The monoisotopic (exact) mass is 122 g/mol. The molecule has 2 aliphatic rings. The molecular formula is C6H7BO2. The molecule has 2 rings (SSSR count). The van der Waals surface area contributed by atoms with Crippen LogP contribution in [-0.2, 0) is 0 Å². The summed E-state index contributed by atoms with van der Waals surface area (Å²) in [6, 6.07) is 8.48. The van der Waals surface area contributed by atoms with E-state index < -0.39 is 7.69 Å². The van der Waals surface area contributed by atoms with Gasteiger partial charge in [0.05, 0.1) is 0 Å². The highest BCUT2D eigenvalue weighted by molar-refractivity contribution is 6.13. The van der Waals surface area contributed by atoms with E-state index in [0.29, 0.717) is 0 Å². The second-order valence-corrected chi connectivity index (χ2v) is 1.72. The van der Waals surface area contributed by atoms with E-state index in [1.54, 1.807) is 0 Å². The molecule has 2 nitrogen and oxygen atoms in total.